The molecule has 0 saturated heterocycles. The third-order valence-electron chi connectivity index (χ3n) is 1.81. The molecule has 0 aliphatic heterocycles. The summed E-state index contributed by atoms with van der Waals surface area (Å²) in [6.45, 7) is 1.95. The van der Waals surface area contributed by atoms with Gasteiger partial charge in [-0.15, -0.1) is 0 Å². The second-order valence-corrected chi connectivity index (χ2v) is 3.03. The minimum atomic E-state index is -0.144. The van der Waals surface area contributed by atoms with Crippen molar-refractivity contribution < 1.29 is 0 Å². The van der Waals surface area contributed by atoms with E-state index in [1.165, 1.54) is 0 Å². The summed E-state index contributed by atoms with van der Waals surface area (Å²) in [5, 5.41) is 8.03. The van der Waals surface area contributed by atoms with E-state index in [1.54, 1.807) is 12.4 Å². The molecule has 3 N–H and O–H groups in total. The number of aromatic nitrogens is 3. The van der Waals surface area contributed by atoms with Gasteiger partial charge in [0.1, 0.15) is 0 Å². The number of aryl methyl sites for hydroxylation is 1. The van der Waals surface area contributed by atoms with Crippen LogP contribution in [0.15, 0.2) is 18.5 Å². The van der Waals surface area contributed by atoms with Gasteiger partial charge >= 0.3 is 0 Å². The normalized spacial score (nSPS) is 10.4. The summed E-state index contributed by atoms with van der Waals surface area (Å²) in [5.74, 6) is 0.0723. The number of nitrogens with one attached hydrogen (secondary N) is 1. The van der Waals surface area contributed by atoms with Gasteiger partial charge in [0.2, 0.25) is 0 Å². The zero-order valence-corrected chi connectivity index (χ0v) is 7.65. The number of rotatable bonds is 1. The van der Waals surface area contributed by atoms with Gasteiger partial charge in [-0.25, -0.2) is 15.0 Å². The minimum Gasteiger partial charge on any atom is -0.381 e. The molecule has 0 bridgehead atoms. The Morgan fingerprint density at radius 2 is 2.14 bits per heavy atom. The third kappa shape index (κ3) is 1.39. The molecule has 0 fully saturated rings. The fourth-order valence-electron chi connectivity index (χ4n) is 1.16. The van der Waals surface area contributed by atoms with Crippen LogP contribution < -0.4 is 5.73 Å². The zero-order valence-electron chi connectivity index (χ0n) is 7.65. The first-order chi connectivity index (χ1) is 6.66. The quantitative estimate of drug-likeness (QED) is 0.506. The maximum absolute atomic E-state index is 7.18. The van der Waals surface area contributed by atoms with Crippen molar-refractivity contribution in [3.8, 4) is 0 Å². The lowest BCUT2D eigenvalue weighted by Crippen LogP contribution is -2.15. The average molecular weight is 187 g/mol. The van der Waals surface area contributed by atoms with Gasteiger partial charge in [-0.05, 0) is 18.6 Å². The van der Waals surface area contributed by atoms with Crippen molar-refractivity contribution in [2.45, 2.75) is 6.92 Å². The Morgan fingerprint density at radius 3 is 2.86 bits per heavy atom. The van der Waals surface area contributed by atoms with E-state index in [9.17, 15) is 0 Å². The van der Waals surface area contributed by atoms with Crippen molar-refractivity contribution in [3.63, 3.8) is 0 Å². The van der Waals surface area contributed by atoms with Gasteiger partial charge in [-0.3, -0.25) is 5.41 Å². The van der Waals surface area contributed by atoms with Crippen molar-refractivity contribution in [1.82, 2.24) is 15.0 Å². The number of nitrogens with zero attached hydrogens (tertiary/aromatic N) is 3. The molecule has 0 unspecified atom stereocenters. The second-order valence-electron chi connectivity index (χ2n) is 3.03. The molecule has 0 spiro atoms. The first kappa shape index (κ1) is 8.55. The molecule has 0 saturated carbocycles. The van der Waals surface area contributed by atoms with E-state index in [0.717, 1.165) is 10.9 Å². The van der Waals surface area contributed by atoms with Crippen molar-refractivity contribution in [2.24, 2.45) is 5.73 Å². The van der Waals surface area contributed by atoms with E-state index in [2.05, 4.69) is 15.0 Å². The van der Waals surface area contributed by atoms with Gasteiger partial charge in [-0.2, -0.15) is 0 Å². The first-order valence-electron chi connectivity index (χ1n) is 4.10. The van der Waals surface area contributed by atoms with Gasteiger partial charge in [0.25, 0.3) is 0 Å². The van der Waals surface area contributed by atoms with E-state index in [-0.39, 0.29) is 11.7 Å². The number of amidine groups is 1. The van der Waals surface area contributed by atoms with Crippen molar-refractivity contribution in [3.05, 3.63) is 29.8 Å². The van der Waals surface area contributed by atoms with Gasteiger partial charge in [-0.1, -0.05) is 0 Å². The van der Waals surface area contributed by atoms with Gasteiger partial charge in [0, 0.05) is 17.8 Å². The molecule has 0 radical (unpaired) electrons. The Kier molecular flexibility index (Phi) is 1.85. The summed E-state index contributed by atoms with van der Waals surface area (Å²) in [5.41, 5.74) is 6.88. The standard InChI is InChI=1S/C9H9N5/c1-5-2-6-4-13-9(7(10)11)14-8(6)12-3-5/h2-4H,1H3,(H3,10,11). The first-order valence-corrected chi connectivity index (χ1v) is 4.10. The molecular formula is C9H9N5. The molecular weight excluding hydrogens is 178 g/mol. The molecule has 2 rings (SSSR count). The summed E-state index contributed by atoms with van der Waals surface area (Å²) in [6.07, 6.45) is 3.35. The van der Waals surface area contributed by atoms with E-state index in [4.69, 9.17) is 11.1 Å². The number of hydrogen-bond acceptors (Lipinski definition) is 4. The highest BCUT2D eigenvalue weighted by Crippen LogP contribution is 2.09. The highest BCUT2D eigenvalue weighted by Gasteiger charge is 2.02. The van der Waals surface area contributed by atoms with Crippen LogP contribution >= 0.6 is 0 Å². The van der Waals surface area contributed by atoms with Crippen molar-refractivity contribution >= 4 is 16.9 Å². The molecule has 2 heterocycles. The smallest absolute Gasteiger partial charge is 0.196 e. The molecule has 0 atom stereocenters. The van der Waals surface area contributed by atoms with Gasteiger partial charge in [0.15, 0.2) is 17.3 Å². The van der Waals surface area contributed by atoms with Crippen LogP contribution in [-0.4, -0.2) is 20.8 Å². The van der Waals surface area contributed by atoms with Crippen LogP contribution in [0.2, 0.25) is 0 Å². The van der Waals surface area contributed by atoms with Gasteiger partial charge < -0.3 is 5.73 Å². The lowest BCUT2D eigenvalue weighted by Gasteiger charge is -1.99. The molecule has 2 aromatic heterocycles. The molecule has 0 aromatic carbocycles. The Bertz CT molecular complexity index is 506. The van der Waals surface area contributed by atoms with E-state index >= 15 is 0 Å². The lowest BCUT2D eigenvalue weighted by molar-refractivity contribution is 1.12. The minimum absolute atomic E-state index is 0.144. The summed E-state index contributed by atoms with van der Waals surface area (Å²) in [6, 6.07) is 1.94. The molecule has 14 heavy (non-hydrogen) atoms. The number of nitrogens with two attached hydrogens (primary N) is 1. The maximum atomic E-state index is 7.18. The highest BCUT2D eigenvalue weighted by molar-refractivity contribution is 5.92. The molecule has 5 nitrogen and oxygen atoms in total. The second kappa shape index (κ2) is 3.02. The predicted octanol–water partition coefficient (Wildman–Crippen LogP) is 0.617. The van der Waals surface area contributed by atoms with Crippen molar-refractivity contribution in [1.29, 1.82) is 5.41 Å². The summed E-state index contributed by atoms with van der Waals surface area (Å²) >= 11 is 0. The number of fused-ring (bicyclic) bond motifs is 1. The van der Waals surface area contributed by atoms with Crippen LogP contribution in [0.4, 0.5) is 0 Å². The van der Waals surface area contributed by atoms with E-state index in [1.807, 2.05) is 13.0 Å². The average Bonchev–Trinajstić information content (AvgIpc) is 2.16. The van der Waals surface area contributed by atoms with Crippen LogP contribution in [0.3, 0.4) is 0 Å². The third-order valence-corrected chi connectivity index (χ3v) is 1.81. The SMILES string of the molecule is Cc1cnc2nc(C(=N)N)ncc2c1. The molecule has 0 amide bonds. The largest absolute Gasteiger partial charge is 0.381 e. The number of nitrogen functional groups attached to an aromatic ring is 1. The topological polar surface area (TPSA) is 88.5 Å². The molecule has 5 heteroatoms. The Balaban J connectivity index is 2.67. The van der Waals surface area contributed by atoms with Crippen LogP contribution in [0.25, 0.3) is 11.0 Å². The predicted molar refractivity (Wildman–Crippen MR) is 53.1 cm³/mol. The number of hydrogen-bond donors (Lipinski definition) is 2. The Morgan fingerprint density at radius 1 is 1.36 bits per heavy atom. The van der Waals surface area contributed by atoms with Crippen molar-refractivity contribution in [2.75, 3.05) is 0 Å². The molecule has 0 aliphatic carbocycles. The van der Waals surface area contributed by atoms with Crippen LogP contribution in [0.5, 0.6) is 0 Å². The fraction of sp³-hybridized carbons (Fsp3) is 0.111. The summed E-state index contributed by atoms with van der Waals surface area (Å²) < 4.78 is 0. The summed E-state index contributed by atoms with van der Waals surface area (Å²) in [4.78, 5) is 12.1. The monoisotopic (exact) mass is 187 g/mol. The fourth-order valence-corrected chi connectivity index (χ4v) is 1.16. The van der Waals surface area contributed by atoms with E-state index in [0.29, 0.717) is 5.65 Å². The zero-order chi connectivity index (χ0) is 10.1. The molecule has 70 valence electrons. The molecule has 2 aromatic rings. The van der Waals surface area contributed by atoms with Crippen LogP contribution in [0.1, 0.15) is 11.4 Å². The lowest BCUT2D eigenvalue weighted by atomic mass is 10.2. The van der Waals surface area contributed by atoms with Gasteiger partial charge in [0.05, 0.1) is 0 Å². The summed E-state index contributed by atoms with van der Waals surface area (Å²) in [7, 11) is 0. The Hall–Kier alpha value is -2.04. The van der Waals surface area contributed by atoms with Crippen LogP contribution in [0, 0.1) is 12.3 Å². The highest BCUT2D eigenvalue weighted by atomic mass is 15.0. The Labute approximate surface area is 80.5 Å². The number of pyridine rings is 1. The maximum Gasteiger partial charge on any atom is 0.196 e. The van der Waals surface area contributed by atoms with Crippen LogP contribution in [-0.2, 0) is 0 Å². The van der Waals surface area contributed by atoms with E-state index < -0.39 is 0 Å². The molecule has 0 aliphatic rings.